The van der Waals surface area contributed by atoms with E-state index in [1.807, 2.05) is 0 Å². The predicted octanol–water partition coefficient (Wildman–Crippen LogP) is 2.39. The fraction of sp³-hybridized carbons (Fsp3) is 0.118. The Labute approximate surface area is 151 Å². The monoisotopic (exact) mass is 378 g/mol. The zero-order valence-corrected chi connectivity index (χ0v) is 14.2. The highest BCUT2D eigenvalue weighted by Crippen LogP contribution is 2.33. The second-order valence-corrected chi connectivity index (χ2v) is 5.66. The van der Waals surface area contributed by atoms with Crippen LogP contribution in [0.5, 0.6) is 0 Å². The number of carbonyl (C=O) groups is 2. The predicted molar refractivity (Wildman–Crippen MR) is 90.0 cm³/mol. The number of ether oxygens (including phenoxy) is 1. The number of hydrogen-bond acceptors (Lipinski definition) is 5. The van der Waals surface area contributed by atoms with E-state index in [4.69, 9.17) is 16.6 Å². The molecule has 1 unspecified atom stereocenters. The fourth-order valence-electron chi connectivity index (χ4n) is 2.62. The van der Waals surface area contributed by atoms with Gasteiger partial charge in [0.15, 0.2) is 10.9 Å². The summed E-state index contributed by atoms with van der Waals surface area (Å²) in [5.41, 5.74) is -1.04. The van der Waals surface area contributed by atoms with E-state index in [0.29, 0.717) is 0 Å². The molecule has 26 heavy (non-hydrogen) atoms. The molecule has 0 saturated carbocycles. The van der Waals surface area contributed by atoms with Gasteiger partial charge >= 0.3 is 5.97 Å². The van der Waals surface area contributed by atoms with Crippen molar-refractivity contribution >= 4 is 29.1 Å². The first-order chi connectivity index (χ1) is 12.4. The number of halogens is 2. The van der Waals surface area contributed by atoms with Crippen molar-refractivity contribution in [3.05, 3.63) is 70.8 Å². The van der Waals surface area contributed by atoms with Crippen LogP contribution in [0.2, 0.25) is 0 Å². The molecule has 1 aliphatic rings. The lowest BCUT2D eigenvalue weighted by molar-refractivity contribution is -0.136. The maximum Gasteiger partial charge on any atom is 0.355 e. The van der Waals surface area contributed by atoms with E-state index in [-0.39, 0.29) is 22.1 Å². The van der Waals surface area contributed by atoms with Crippen molar-refractivity contribution in [3.8, 4) is 0 Å². The number of rotatable bonds is 4. The Morgan fingerprint density at radius 2 is 1.88 bits per heavy atom. The Balaban J connectivity index is 2.25. The summed E-state index contributed by atoms with van der Waals surface area (Å²) in [5.74, 6) is -3.57. The van der Waals surface area contributed by atoms with Crippen molar-refractivity contribution in [2.24, 2.45) is 0 Å². The van der Waals surface area contributed by atoms with Crippen LogP contribution in [0.1, 0.15) is 22.2 Å². The van der Waals surface area contributed by atoms with E-state index in [1.54, 1.807) is 0 Å². The van der Waals surface area contributed by atoms with Gasteiger partial charge in [-0.2, -0.15) is 0 Å². The van der Waals surface area contributed by atoms with Gasteiger partial charge in [-0.3, -0.25) is 4.79 Å². The number of nitrogens with one attached hydrogen (secondary N) is 2. The van der Waals surface area contributed by atoms with Crippen LogP contribution in [0.3, 0.4) is 0 Å². The van der Waals surface area contributed by atoms with Crippen molar-refractivity contribution in [2.75, 3.05) is 7.11 Å². The maximum atomic E-state index is 14.3. The summed E-state index contributed by atoms with van der Waals surface area (Å²) in [6, 6.07) is 4.75. The van der Waals surface area contributed by atoms with Gasteiger partial charge in [-0.15, -0.1) is 0 Å². The molecule has 1 aromatic heterocycles. The second-order valence-electron chi connectivity index (χ2n) is 5.25. The molecule has 0 fully saturated rings. The molecule has 0 aliphatic carbocycles. The van der Waals surface area contributed by atoms with Gasteiger partial charge < -0.3 is 19.8 Å². The molecule has 2 heterocycles. The molecule has 9 heteroatoms. The van der Waals surface area contributed by atoms with Gasteiger partial charge in [0.2, 0.25) is 5.78 Å². The van der Waals surface area contributed by atoms with Crippen LogP contribution in [-0.4, -0.2) is 24.0 Å². The Morgan fingerprint density at radius 1 is 1.19 bits per heavy atom. The lowest BCUT2D eigenvalue weighted by Crippen LogP contribution is -2.48. The first-order valence-electron chi connectivity index (χ1n) is 7.36. The molecule has 0 radical (unpaired) electrons. The molecule has 2 aromatic rings. The molecule has 134 valence electrons. The summed E-state index contributed by atoms with van der Waals surface area (Å²) in [6.07, 6.45) is 1.26. The highest BCUT2D eigenvalue weighted by molar-refractivity contribution is 7.80. The minimum atomic E-state index is -1.35. The molecule has 1 aliphatic heterocycles. The zero-order chi connectivity index (χ0) is 18.8. The average molecular weight is 378 g/mol. The molecule has 6 nitrogen and oxygen atoms in total. The van der Waals surface area contributed by atoms with Crippen molar-refractivity contribution in [2.45, 2.75) is 6.04 Å². The summed E-state index contributed by atoms with van der Waals surface area (Å²) < 4.78 is 38.4. The van der Waals surface area contributed by atoms with E-state index >= 15 is 0 Å². The first kappa shape index (κ1) is 17.7. The number of ketones is 1. The van der Waals surface area contributed by atoms with Gasteiger partial charge in [-0.1, -0.05) is 6.07 Å². The van der Waals surface area contributed by atoms with Crippen LogP contribution < -0.4 is 10.6 Å². The van der Waals surface area contributed by atoms with Crippen LogP contribution >= 0.6 is 12.2 Å². The van der Waals surface area contributed by atoms with E-state index in [0.717, 1.165) is 19.2 Å². The standard InChI is InChI=1S/C17H12F2N2O4S/c1-24-16(23)14-12(15(22)10-6-3-7-25-10)13(20-17(26)21-14)11-8(18)4-2-5-9(11)19/h2-7,13H,1H3,(H2,20,21,26). The van der Waals surface area contributed by atoms with Gasteiger partial charge in [-0.05, 0) is 36.5 Å². The number of methoxy groups -OCH3 is 1. The van der Waals surface area contributed by atoms with Gasteiger partial charge in [0.1, 0.15) is 17.3 Å². The highest BCUT2D eigenvalue weighted by atomic mass is 32.1. The normalized spacial score (nSPS) is 16.7. The number of thiocarbonyl (C=S) groups is 1. The van der Waals surface area contributed by atoms with E-state index in [2.05, 4.69) is 15.4 Å². The minimum Gasteiger partial charge on any atom is -0.464 e. The molecule has 2 N–H and O–H groups in total. The van der Waals surface area contributed by atoms with Crippen LogP contribution in [0.25, 0.3) is 0 Å². The number of furan rings is 1. The summed E-state index contributed by atoms with van der Waals surface area (Å²) in [7, 11) is 1.11. The van der Waals surface area contributed by atoms with Gasteiger partial charge in [0, 0.05) is 0 Å². The third-order valence-corrected chi connectivity index (χ3v) is 3.96. The van der Waals surface area contributed by atoms with Gasteiger partial charge in [0.25, 0.3) is 0 Å². The van der Waals surface area contributed by atoms with Crippen molar-refractivity contribution in [3.63, 3.8) is 0 Å². The number of esters is 1. The second kappa shape index (κ2) is 7.04. The van der Waals surface area contributed by atoms with Crippen LogP contribution in [-0.2, 0) is 9.53 Å². The maximum absolute atomic E-state index is 14.3. The number of Topliss-reactive ketones (excluding diaryl/α,β-unsaturated/α-hetero) is 1. The third-order valence-electron chi connectivity index (χ3n) is 3.74. The number of benzene rings is 1. The minimum absolute atomic E-state index is 0.0888. The van der Waals surface area contributed by atoms with Gasteiger partial charge in [-0.25, -0.2) is 13.6 Å². The van der Waals surface area contributed by atoms with Crippen LogP contribution in [0, 0.1) is 11.6 Å². The molecule has 1 aromatic carbocycles. The molecule has 1 atom stereocenters. The number of carbonyl (C=O) groups excluding carboxylic acids is 2. The molecule has 0 bridgehead atoms. The molecule has 0 amide bonds. The summed E-state index contributed by atoms with van der Waals surface area (Å²) in [4.78, 5) is 25.0. The molecular weight excluding hydrogens is 366 g/mol. The smallest absolute Gasteiger partial charge is 0.355 e. The van der Waals surface area contributed by atoms with Crippen molar-refractivity contribution in [1.29, 1.82) is 0 Å². The molecule has 3 rings (SSSR count). The summed E-state index contributed by atoms with van der Waals surface area (Å²) >= 11 is 5.01. The first-order valence-corrected chi connectivity index (χ1v) is 7.77. The third kappa shape index (κ3) is 3.08. The number of hydrogen-bond donors (Lipinski definition) is 2. The SMILES string of the molecule is COC(=O)C1=C(C(=O)c2ccco2)C(c2c(F)cccc2F)NC(=S)N1. The largest absolute Gasteiger partial charge is 0.464 e. The molecule has 0 spiro atoms. The highest BCUT2D eigenvalue weighted by Gasteiger charge is 2.38. The Hall–Kier alpha value is -3.07. The lowest BCUT2D eigenvalue weighted by Gasteiger charge is -2.30. The van der Waals surface area contributed by atoms with Crippen molar-refractivity contribution < 1.29 is 27.5 Å². The Morgan fingerprint density at radius 3 is 2.46 bits per heavy atom. The van der Waals surface area contributed by atoms with E-state index < -0.39 is 35.0 Å². The summed E-state index contributed by atoms with van der Waals surface area (Å²) in [5, 5.41) is 5.06. The summed E-state index contributed by atoms with van der Waals surface area (Å²) in [6.45, 7) is 0. The quantitative estimate of drug-likeness (QED) is 0.480. The Kier molecular flexibility index (Phi) is 4.81. The molecular formula is C17H12F2N2O4S. The average Bonchev–Trinajstić information content (AvgIpc) is 3.14. The molecule has 0 saturated heterocycles. The van der Waals surface area contributed by atoms with Gasteiger partial charge in [0.05, 0.1) is 30.6 Å². The van der Waals surface area contributed by atoms with E-state index in [9.17, 15) is 18.4 Å². The topological polar surface area (TPSA) is 80.6 Å². The van der Waals surface area contributed by atoms with E-state index in [1.165, 1.54) is 24.5 Å². The fourth-order valence-corrected chi connectivity index (χ4v) is 2.84. The zero-order valence-electron chi connectivity index (χ0n) is 13.3. The van der Waals surface area contributed by atoms with Crippen molar-refractivity contribution in [1.82, 2.24) is 10.6 Å². The van der Waals surface area contributed by atoms with Crippen LogP contribution in [0.15, 0.2) is 52.3 Å². The Bertz CT molecular complexity index is 905. The lowest BCUT2D eigenvalue weighted by atomic mass is 9.90. The van der Waals surface area contributed by atoms with Crippen LogP contribution in [0.4, 0.5) is 8.78 Å².